The van der Waals surface area contributed by atoms with Gasteiger partial charge < -0.3 is 25.4 Å². The number of benzene rings is 1. The molecule has 0 spiro atoms. The van der Waals surface area contributed by atoms with Gasteiger partial charge in [0.25, 0.3) is 11.8 Å². The predicted octanol–water partition coefficient (Wildman–Crippen LogP) is 1.67. The Labute approximate surface area is 180 Å². The molecule has 2 rings (SSSR count). The summed E-state index contributed by atoms with van der Waals surface area (Å²) in [5, 5.41) is 8.11. The Bertz CT molecular complexity index is 890. The van der Waals surface area contributed by atoms with Gasteiger partial charge in [0.05, 0.1) is 14.2 Å². The van der Waals surface area contributed by atoms with Crippen LogP contribution in [0.15, 0.2) is 36.7 Å². The van der Waals surface area contributed by atoms with Crippen molar-refractivity contribution in [2.24, 2.45) is 0 Å². The third-order valence-corrected chi connectivity index (χ3v) is 4.31. The average Bonchev–Trinajstić information content (AvgIpc) is 2.81. The van der Waals surface area contributed by atoms with Crippen LogP contribution >= 0.6 is 0 Å². The van der Waals surface area contributed by atoms with E-state index >= 15 is 0 Å². The van der Waals surface area contributed by atoms with Crippen molar-refractivity contribution in [3.63, 3.8) is 0 Å². The first-order valence-electron chi connectivity index (χ1n) is 9.86. The van der Waals surface area contributed by atoms with Crippen LogP contribution in [0.1, 0.15) is 45.8 Å². The summed E-state index contributed by atoms with van der Waals surface area (Å²) in [6.45, 7) is 1.27. The molecule has 2 aromatic rings. The Morgan fingerprint density at radius 2 is 1.55 bits per heavy atom. The monoisotopic (exact) mass is 429 g/mol. The summed E-state index contributed by atoms with van der Waals surface area (Å²) in [5.41, 5.74) is 1.10. The largest absolute Gasteiger partial charge is 0.497 e. The number of ether oxygens (including phenoxy) is 2. The van der Waals surface area contributed by atoms with Gasteiger partial charge in [0, 0.05) is 25.7 Å². The fraction of sp³-hybridized carbons (Fsp3) is 0.381. The maximum atomic E-state index is 12.4. The van der Waals surface area contributed by atoms with E-state index in [0.29, 0.717) is 25.4 Å². The van der Waals surface area contributed by atoms with E-state index in [1.54, 1.807) is 7.11 Å². The van der Waals surface area contributed by atoms with Gasteiger partial charge in [-0.1, -0.05) is 12.1 Å². The van der Waals surface area contributed by atoms with Crippen molar-refractivity contribution < 1.29 is 23.9 Å². The molecule has 0 bridgehead atoms. The fourth-order valence-corrected chi connectivity index (χ4v) is 2.64. The van der Waals surface area contributed by atoms with E-state index in [1.165, 1.54) is 19.5 Å². The maximum Gasteiger partial charge on any atom is 0.406 e. The van der Waals surface area contributed by atoms with E-state index in [1.807, 2.05) is 24.3 Å². The van der Waals surface area contributed by atoms with E-state index in [2.05, 4.69) is 30.7 Å². The molecule has 10 heteroatoms. The summed E-state index contributed by atoms with van der Waals surface area (Å²) in [7, 11) is 2.89. The normalized spacial score (nSPS) is 10.1. The zero-order chi connectivity index (χ0) is 22.5. The molecule has 0 unspecified atom stereocenters. The Morgan fingerprint density at radius 3 is 2.23 bits per heavy atom. The number of hydrogen-bond acceptors (Lipinski definition) is 7. The molecule has 3 N–H and O–H groups in total. The lowest BCUT2D eigenvalue weighted by molar-refractivity contribution is 0.0945. The van der Waals surface area contributed by atoms with Gasteiger partial charge in [-0.15, -0.1) is 0 Å². The number of aromatic nitrogens is 2. The minimum atomic E-state index is -0.458. The third-order valence-electron chi connectivity index (χ3n) is 4.31. The van der Waals surface area contributed by atoms with Crippen molar-refractivity contribution in [3.05, 3.63) is 53.6 Å². The zero-order valence-electron chi connectivity index (χ0n) is 17.6. The number of unbranched alkanes of at least 4 members (excludes halogenated alkanes) is 2. The van der Waals surface area contributed by atoms with E-state index in [9.17, 15) is 14.4 Å². The molecule has 0 aliphatic carbocycles. The van der Waals surface area contributed by atoms with Crippen LogP contribution in [-0.2, 0) is 11.3 Å². The number of hydrogen-bond donors (Lipinski definition) is 3. The lowest BCUT2D eigenvalue weighted by Gasteiger charge is -2.08. The molecule has 10 nitrogen and oxygen atoms in total. The fourth-order valence-electron chi connectivity index (χ4n) is 2.64. The Kier molecular flexibility index (Phi) is 9.73. The number of alkyl carbamates (subject to hydrolysis) is 1. The number of nitrogens with zero attached hydrogens (tertiary/aromatic N) is 2. The number of methoxy groups -OCH3 is 2. The molecule has 0 aliphatic rings. The van der Waals surface area contributed by atoms with E-state index in [0.717, 1.165) is 24.8 Å². The van der Waals surface area contributed by atoms with Gasteiger partial charge >= 0.3 is 6.09 Å². The minimum absolute atomic E-state index is 0.108. The molecule has 1 aromatic heterocycles. The first-order chi connectivity index (χ1) is 15.0. The van der Waals surface area contributed by atoms with Gasteiger partial charge in [-0.2, -0.15) is 0 Å². The number of nitrogens with one attached hydrogen (secondary N) is 3. The quantitative estimate of drug-likeness (QED) is 0.463. The van der Waals surface area contributed by atoms with E-state index < -0.39 is 12.0 Å². The Morgan fingerprint density at radius 1 is 0.871 bits per heavy atom. The summed E-state index contributed by atoms with van der Waals surface area (Å²) in [6.07, 6.45) is 3.07. The van der Waals surface area contributed by atoms with Crippen molar-refractivity contribution in [1.82, 2.24) is 25.9 Å². The number of amides is 3. The maximum absolute atomic E-state index is 12.4. The highest BCUT2D eigenvalue weighted by Crippen LogP contribution is 2.12. The van der Waals surface area contributed by atoms with Crippen LogP contribution in [0.5, 0.6) is 5.75 Å². The minimum Gasteiger partial charge on any atom is -0.497 e. The van der Waals surface area contributed by atoms with Crippen LogP contribution < -0.4 is 20.7 Å². The molecule has 0 radical (unpaired) electrons. The highest BCUT2D eigenvalue weighted by molar-refractivity contribution is 5.97. The van der Waals surface area contributed by atoms with E-state index in [4.69, 9.17) is 4.74 Å². The van der Waals surface area contributed by atoms with Gasteiger partial charge in [-0.05, 0) is 37.0 Å². The number of rotatable bonds is 11. The molecular weight excluding hydrogens is 402 g/mol. The van der Waals surface area contributed by atoms with Crippen molar-refractivity contribution in [2.45, 2.75) is 25.8 Å². The zero-order valence-corrected chi connectivity index (χ0v) is 17.6. The summed E-state index contributed by atoms with van der Waals surface area (Å²) in [4.78, 5) is 43.5. The van der Waals surface area contributed by atoms with Crippen molar-refractivity contribution in [2.75, 3.05) is 27.3 Å². The predicted molar refractivity (Wildman–Crippen MR) is 113 cm³/mol. The van der Waals surface area contributed by atoms with Gasteiger partial charge in [0.1, 0.15) is 23.5 Å². The lowest BCUT2D eigenvalue weighted by atomic mass is 10.2. The van der Waals surface area contributed by atoms with Crippen LogP contribution in [0.4, 0.5) is 4.79 Å². The van der Waals surface area contributed by atoms with Crippen LogP contribution in [-0.4, -0.2) is 55.2 Å². The number of carbonyl (C=O) groups excluding carboxylic acids is 3. The second-order valence-corrected chi connectivity index (χ2v) is 6.56. The topological polar surface area (TPSA) is 132 Å². The molecule has 0 atom stereocenters. The summed E-state index contributed by atoms with van der Waals surface area (Å²) in [5.74, 6) is -0.0817. The van der Waals surface area contributed by atoms with Crippen LogP contribution in [0.3, 0.4) is 0 Å². The standard InChI is InChI=1S/C21H27N5O5/c1-30-16-8-6-7-15(11-16)13-24-20(28)18-12-17(25-14-26-18)19(27)22-9-4-3-5-10-23-21(29)31-2/h6-8,11-12,14H,3-5,9-10,13H2,1-2H3,(H,22,27)(H,23,29)(H,24,28). The number of carbonyl (C=O) groups is 3. The smallest absolute Gasteiger partial charge is 0.406 e. The Balaban J connectivity index is 1.76. The Hall–Kier alpha value is -3.69. The summed E-state index contributed by atoms with van der Waals surface area (Å²) >= 11 is 0. The van der Waals surface area contributed by atoms with Gasteiger partial charge in [0.15, 0.2) is 0 Å². The second kappa shape index (κ2) is 12.8. The van der Waals surface area contributed by atoms with Crippen molar-refractivity contribution in [3.8, 4) is 5.75 Å². The van der Waals surface area contributed by atoms with Crippen molar-refractivity contribution in [1.29, 1.82) is 0 Å². The molecule has 0 saturated heterocycles. The molecule has 0 aliphatic heterocycles. The van der Waals surface area contributed by atoms with Gasteiger partial charge in [-0.3, -0.25) is 9.59 Å². The third kappa shape index (κ3) is 8.29. The van der Waals surface area contributed by atoms with Crippen LogP contribution in [0, 0.1) is 0 Å². The highest BCUT2D eigenvalue weighted by Gasteiger charge is 2.13. The van der Waals surface area contributed by atoms with Crippen LogP contribution in [0.2, 0.25) is 0 Å². The second-order valence-electron chi connectivity index (χ2n) is 6.56. The molecule has 31 heavy (non-hydrogen) atoms. The first-order valence-corrected chi connectivity index (χ1v) is 9.86. The van der Waals surface area contributed by atoms with Gasteiger partial charge in [0.2, 0.25) is 0 Å². The average molecular weight is 429 g/mol. The molecule has 1 aromatic carbocycles. The molecule has 1 heterocycles. The first kappa shape index (κ1) is 23.6. The highest BCUT2D eigenvalue weighted by atomic mass is 16.5. The van der Waals surface area contributed by atoms with Crippen LogP contribution in [0.25, 0.3) is 0 Å². The van der Waals surface area contributed by atoms with Gasteiger partial charge in [-0.25, -0.2) is 14.8 Å². The summed E-state index contributed by atoms with van der Waals surface area (Å²) < 4.78 is 9.64. The van der Waals surface area contributed by atoms with Crippen molar-refractivity contribution >= 4 is 17.9 Å². The molecule has 3 amide bonds. The van der Waals surface area contributed by atoms with E-state index in [-0.39, 0.29) is 17.3 Å². The lowest BCUT2D eigenvalue weighted by Crippen LogP contribution is -2.28. The molecule has 0 fully saturated rings. The molecular formula is C21H27N5O5. The summed E-state index contributed by atoms with van der Waals surface area (Å²) in [6, 6.07) is 8.71. The molecule has 0 saturated carbocycles. The SMILES string of the molecule is COC(=O)NCCCCCNC(=O)c1cc(C(=O)NCc2cccc(OC)c2)ncn1. The molecule has 166 valence electrons.